The van der Waals surface area contributed by atoms with Crippen molar-refractivity contribution in [1.82, 2.24) is 10.2 Å². The molecule has 1 aliphatic rings. The molecule has 0 spiro atoms. The average Bonchev–Trinajstić information content (AvgIpc) is 2.49. The number of hydrogen-bond donors (Lipinski definition) is 2. The van der Waals surface area contributed by atoms with Crippen LogP contribution in [0.3, 0.4) is 0 Å². The van der Waals surface area contributed by atoms with Crippen LogP contribution >= 0.6 is 11.6 Å². The van der Waals surface area contributed by atoms with Crippen molar-refractivity contribution < 1.29 is 4.79 Å². The number of nitrogens with one attached hydrogen (secondary N) is 2. The van der Waals surface area contributed by atoms with Crippen molar-refractivity contribution in [3.05, 3.63) is 29.3 Å². The molecule has 1 unspecified atom stereocenters. The number of rotatable bonds is 6. The minimum absolute atomic E-state index is 0.0134. The van der Waals surface area contributed by atoms with Crippen molar-refractivity contribution in [2.24, 2.45) is 0 Å². The van der Waals surface area contributed by atoms with Crippen molar-refractivity contribution in [2.75, 3.05) is 32.0 Å². The number of carbonyl (C=O) groups is 1. The highest BCUT2D eigenvalue weighted by atomic mass is 35.5. The van der Waals surface area contributed by atoms with Gasteiger partial charge in [-0.25, -0.2) is 0 Å². The lowest BCUT2D eigenvalue weighted by Gasteiger charge is -2.35. The third-order valence-electron chi connectivity index (χ3n) is 3.97. The predicted octanol–water partition coefficient (Wildman–Crippen LogP) is 2.74. The summed E-state index contributed by atoms with van der Waals surface area (Å²) in [6, 6.07) is 7.85. The molecule has 1 saturated heterocycles. The molecule has 4 nitrogen and oxygen atoms in total. The first kappa shape index (κ1) is 16.3. The van der Waals surface area contributed by atoms with Crippen molar-refractivity contribution in [3.8, 4) is 0 Å². The minimum Gasteiger partial charge on any atom is -0.324 e. The zero-order valence-electron chi connectivity index (χ0n) is 12.6. The van der Waals surface area contributed by atoms with E-state index >= 15 is 0 Å². The van der Waals surface area contributed by atoms with E-state index in [2.05, 4.69) is 15.5 Å². The van der Waals surface area contributed by atoms with Gasteiger partial charge in [0.1, 0.15) is 0 Å². The number of piperidine rings is 1. The smallest absolute Gasteiger partial charge is 0.238 e. The van der Waals surface area contributed by atoms with Crippen LogP contribution in [-0.4, -0.2) is 43.5 Å². The summed E-state index contributed by atoms with van der Waals surface area (Å²) in [4.78, 5) is 14.5. The van der Waals surface area contributed by atoms with Gasteiger partial charge in [0.15, 0.2) is 0 Å². The maximum Gasteiger partial charge on any atom is 0.238 e. The number of likely N-dealkylation sites (tertiary alicyclic amines) is 1. The molecule has 1 aliphatic heterocycles. The van der Waals surface area contributed by atoms with Gasteiger partial charge in [-0.2, -0.15) is 0 Å². The molecule has 0 saturated carbocycles. The first-order chi connectivity index (χ1) is 10.2. The van der Waals surface area contributed by atoms with Crippen molar-refractivity contribution >= 4 is 23.2 Å². The Hall–Kier alpha value is -1.10. The van der Waals surface area contributed by atoms with Crippen LogP contribution in [0.15, 0.2) is 24.3 Å². The monoisotopic (exact) mass is 309 g/mol. The summed E-state index contributed by atoms with van der Waals surface area (Å²) in [7, 11) is 1.97. The Kier molecular flexibility index (Phi) is 6.49. The van der Waals surface area contributed by atoms with E-state index < -0.39 is 0 Å². The summed E-state index contributed by atoms with van der Waals surface area (Å²) in [5.41, 5.74) is 0.688. The zero-order chi connectivity index (χ0) is 15.1. The molecular formula is C16H24ClN3O. The van der Waals surface area contributed by atoms with Gasteiger partial charge < -0.3 is 10.6 Å². The van der Waals surface area contributed by atoms with Gasteiger partial charge in [-0.15, -0.1) is 0 Å². The largest absolute Gasteiger partial charge is 0.324 e. The van der Waals surface area contributed by atoms with Gasteiger partial charge in [0.05, 0.1) is 17.3 Å². The maximum atomic E-state index is 12.2. The summed E-state index contributed by atoms with van der Waals surface area (Å²) in [5, 5.41) is 6.68. The molecule has 1 aromatic rings. The lowest BCUT2D eigenvalue weighted by molar-refractivity contribution is -0.118. The molecule has 1 aromatic carbocycles. The minimum atomic E-state index is 0.0134. The Morgan fingerprint density at radius 1 is 1.38 bits per heavy atom. The van der Waals surface area contributed by atoms with Crippen LogP contribution in [0.2, 0.25) is 5.02 Å². The molecule has 2 rings (SSSR count). The molecular weight excluding hydrogens is 286 g/mol. The number of nitrogens with zero attached hydrogens (tertiary/aromatic N) is 1. The van der Waals surface area contributed by atoms with Crippen molar-refractivity contribution in [3.63, 3.8) is 0 Å². The first-order valence-electron chi connectivity index (χ1n) is 7.63. The maximum absolute atomic E-state index is 12.2. The Bertz CT molecular complexity index is 467. The molecule has 0 bridgehead atoms. The van der Waals surface area contributed by atoms with Crippen molar-refractivity contribution in [2.45, 2.75) is 31.7 Å². The highest BCUT2D eigenvalue weighted by Gasteiger charge is 2.23. The normalized spacial score (nSPS) is 19.4. The van der Waals surface area contributed by atoms with E-state index in [4.69, 9.17) is 11.6 Å². The van der Waals surface area contributed by atoms with Gasteiger partial charge in [-0.1, -0.05) is 30.2 Å². The Morgan fingerprint density at radius 3 is 2.95 bits per heavy atom. The molecule has 21 heavy (non-hydrogen) atoms. The van der Waals surface area contributed by atoms with E-state index in [1.165, 1.54) is 19.3 Å². The Morgan fingerprint density at radius 2 is 2.19 bits per heavy atom. The van der Waals surface area contributed by atoms with Gasteiger partial charge >= 0.3 is 0 Å². The summed E-state index contributed by atoms with van der Waals surface area (Å²) in [6.45, 7) is 2.44. The highest BCUT2D eigenvalue weighted by molar-refractivity contribution is 6.33. The second-order valence-corrected chi connectivity index (χ2v) is 5.95. The lowest BCUT2D eigenvalue weighted by Crippen LogP contribution is -2.44. The van der Waals surface area contributed by atoms with Gasteiger partial charge in [0, 0.05) is 6.04 Å². The second kappa shape index (κ2) is 8.37. The quantitative estimate of drug-likeness (QED) is 0.849. The van der Waals surface area contributed by atoms with Crippen LogP contribution in [0.4, 0.5) is 5.69 Å². The fourth-order valence-corrected chi connectivity index (χ4v) is 3.03. The molecule has 1 heterocycles. The van der Waals surface area contributed by atoms with E-state index in [9.17, 15) is 4.79 Å². The first-order valence-corrected chi connectivity index (χ1v) is 8.01. The van der Waals surface area contributed by atoms with Crippen LogP contribution in [0.1, 0.15) is 25.7 Å². The average molecular weight is 310 g/mol. The lowest BCUT2D eigenvalue weighted by atomic mass is 9.99. The van der Waals surface area contributed by atoms with E-state index in [1.807, 2.05) is 25.2 Å². The zero-order valence-corrected chi connectivity index (χ0v) is 13.3. The number of carbonyl (C=O) groups excluding carboxylic acids is 1. The predicted molar refractivity (Wildman–Crippen MR) is 87.8 cm³/mol. The number of para-hydroxylation sites is 1. The molecule has 2 N–H and O–H groups in total. The van der Waals surface area contributed by atoms with Gasteiger partial charge in [0.25, 0.3) is 0 Å². The van der Waals surface area contributed by atoms with E-state index in [0.29, 0.717) is 23.3 Å². The fraction of sp³-hybridized carbons (Fsp3) is 0.562. The summed E-state index contributed by atoms with van der Waals surface area (Å²) < 4.78 is 0. The molecule has 1 amide bonds. The number of halogens is 1. The van der Waals surface area contributed by atoms with Crippen LogP contribution in [0.5, 0.6) is 0 Å². The van der Waals surface area contributed by atoms with E-state index in [-0.39, 0.29) is 5.91 Å². The van der Waals surface area contributed by atoms with Crippen LogP contribution in [-0.2, 0) is 4.79 Å². The van der Waals surface area contributed by atoms with Gasteiger partial charge in [-0.3, -0.25) is 9.69 Å². The summed E-state index contributed by atoms with van der Waals surface area (Å²) in [5.74, 6) is 0.0134. The van der Waals surface area contributed by atoms with E-state index in [0.717, 1.165) is 19.5 Å². The fourth-order valence-electron chi connectivity index (χ4n) is 2.84. The number of anilines is 1. The molecule has 5 heteroatoms. The number of benzene rings is 1. The van der Waals surface area contributed by atoms with E-state index in [1.54, 1.807) is 6.07 Å². The SMILES string of the molecule is CNCCC1CCCCN1CC(=O)Nc1ccccc1Cl. The summed E-state index contributed by atoms with van der Waals surface area (Å²) in [6.07, 6.45) is 4.71. The second-order valence-electron chi connectivity index (χ2n) is 5.54. The highest BCUT2D eigenvalue weighted by Crippen LogP contribution is 2.22. The van der Waals surface area contributed by atoms with Crippen LogP contribution < -0.4 is 10.6 Å². The molecule has 1 fully saturated rings. The van der Waals surface area contributed by atoms with Crippen molar-refractivity contribution in [1.29, 1.82) is 0 Å². The van der Waals surface area contributed by atoms with Gasteiger partial charge in [0.2, 0.25) is 5.91 Å². The molecule has 0 radical (unpaired) electrons. The Balaban J connectivity index is 1.89. The number of amides is 1. The molecule has 0 aliphatic carbocycles. The molecule has 1 atom stereocenters. The van der Waals surface area contributed by atoms with Crippen LogP contribution in [0, 0.1) is 0 Å². The van der Waals surface area contributed by atoms with Crippen LogP contribution in [0.25, 0.3) is 0 Å². The number of hydrogen-bond acceptors (Lipinski definition) is 3. The van der Waals surface area contributed by atoms with Gasteiger partial charge in [-0.05, 0) is 51.5 Å². The Labute approximate surface area is 131 Å². The third-order valence-corrected chi connectivity index (χ3v) is 4.30. The summed E-state index contributed by atoms with van der Waals surface area (Å²) >= 11 is 6.07. The third kappa shape index (κ3) is 4.99. The topological polar surface area (TPSA) is 44.4 Å². The molecule has 0 aromatic heterocycles. The molecule has 116 valence electrons. The standard InChI is InChI=1S/C16H24ClN3O/c1-18-10-9-13-6-4-5-11-20(13)12-16(21)19-15-8-3-2-7-14(15)17/h2-3,7-8,13,18H,4-6,9-12H2,1H3,(H,19,21).